The maximum Gasteiger partial charge on any atom is 0.267 e. The highest BCUT2D eigenvalue weighted by Gasteiger charge is 2.37. The van der Waals surface area contributed by atoms with Gasteiger partial charge in [-0.15, -0.1) is 0 Å². The Morgan fingerprint density at radius 3 is 2.35 bits per heavy atom. The summed E-state index contributed by atoms with van der Waals surface area (Å²) in [5, 5.41) is 2.86. The molecule has 0 unspecified atom stereocenters. The van der Waals surface area contributed by atoms with Crippen molar-refractivity contribution in [2.45, 2.75) is 31.8 Å². The Kier molecular flexibility index (Phi) is 5.45. The van der Waals surface area contributed by atoms with Crippen LogP contribution in [-0.2, 0) is 14.8 Å². The van der Waals surface area contributed by atoms with Gasteiger partial charge in [0, 0.05) is 5.69 Å². The van der Waals surface area contributed by atoms with Gasteiger partial charge in [-0.25, -0.2) is 8.42 Å². The smallest absolute Gasteiger partial charge is 0.267 e. The van der Waals surface area contributed by atoms with Crippen molar-refractivity contribution in [3.63, 3.8) is 0 Å². The van der Waals surface area contributed by atoms with Crippen molar-refractivity contribution in [3.8, 4) is 5.75 Å². The van der Waals surface area contributed by atoms with Crippen molar-refractivity contribution >= 4 is 27.3 Å². The van der Waals surface area contributed by atoms with Crippen LogP contribution >= 0.6 is 0 Å². The van der Waals surface area contributed by atoms with Crippen molar-refractivity contribution in [2.75, 3.05) is 16.2 Å². The molecule has 1 N–H and O–H groups in total. The van der Waals surface area contributed by atoms with E-state index in [4.69, 9.17) is 4.74 Å². The fraction of sp³-hybridized carbons (Fsp3) is 0.208. The zero-order chi connectivity index (χ0) is 22.2. The number of carbonyl (C=O) groups excluding carboxylic acids is 1. The van der Waals surface area contributed by atoms with Gasteiger partial charge in [0.1, 0.15) is 5.75 Å². The maximum absolute atomic E-state index is 13.5. The van der Waals surface area contributed by atoms with E-state index in [1.807, 2.05) is 45.0 Å². The molecule has 0 fully saturated rings. The summed E-state index contributed by atoms with van der Waals surface area (Å²) in [6.07, 6.45) is -0.991. The van der Waals surface area contributed by atoms with Gasteiger partial charge in [0.25, 0.3) is 15.9 Å². The van der Waals surface area contributed by atoms with Gasteiger partial charge in [0.2, 0.25) is 0 Å². The number of fused-ring (bicyclic) bond motifs is 1. The Morgan fingerprint density at radius 1 is 0.968 bits per heavy atom. The minimum absolute atomic E-state index is 0.121. The van der Waals surface area contributed by atoms with Crippen molar-refractivity contribution in [1.29, 1.82) is 0 Å². The third-order valence-electron chi connectivity index (χ3n) is 5.29. The molecule has 160 valence electrons. The Labute approximate surface area is 182 Å². The maximum atomic E-state index is 13.5. The normalized spacial score (nSPS) is 15.7. The minimum atomic E-state index is -3.88. The van der Waals surface area contributed by atoms with E-state index in [2.05, 4.69) is 5.32 Å². The number of benzene rings is 3. The summed E-state index contributed by atoms with van der Waals surface area (Å²) >= 11 is 0. The fourth-order valence-electron chi connectivity index (χ4n) is 3.49. The highest BCUT2D eigenvalue weighted by Crippen LogP contribution is 2.38. The van der Waals surface area contributed by atoms with Crippen molar-refractivity contribution in [1.82, 2.24) is 0 Å². The molecule has 3 aromatic carbocycles. The lowest BCUT2D eigenvalue weighted by atomic mass is 10.1. The van der Waals surface area contributed by atoms with Gasteiger partial charge < -0.3 is 10.1 Å². The van der Waals surface area contributed by atoms with Crippen LogP contribution in [-0.4, -0.2) is 27.0 Å². The number of ether oxygens (including phenoxy) is 1. The summed E-state index contributed by atoms with van der Waals surface area (Å²) in [6.45, 7) is 5.55. The first kappa shape index (κ1) is 20.9. The van der Waals surface area contributed by atoms with Crippen LogP contribution in [0.1, 0.15) is 16.7 Å². The van der Waals surface area contributed by atoms with Crippen LogP contribution in [0.5, 0.6) is 5.75 Å². The number of rotatable bonds is 4. The summed E-state index contributed by atoms with van der Waals surface area (Å²) in [5.74, 6) is -0.0397. The molecule has 4 rings (SSSR count). The number of nitrogens with one attached hydrogen (secondary N) is 1. The Morgan fingerprint density at radius 2 is 1.65 bits per heavy atom. The van der Waals surface area contributed by atoms with E-state index in [9.17, 15) is 13.2 Å². The summed E-state index contributed by atoms with van der Waals surface area (Å²) in [4.78, 5) is 13.2. The van der Waals surface area contributed by atoms with E-state index in [1.165, 1.54) is 4.31 Å². The van der Waals surface area contributed by atoms with Gasteiger partial charge in [0.15, 0.2) is 6.10 Å². The van der Waals surface area contributed by atoms with E-state index < -0.39 is 22.0 Å². The Hall–Kier alpha value is -3.32. The summed E-state index contributed by atoms with van der Waals surface area (Å²) < 4.78 is 34.2. The van der Waals surface area contributed by atoms with E-state index in [1.54, 1.807) is 42.5 Å². The molecule has 1 heterocycles. The lowest BCUT2D eigenvalue weighted by Crippen LogP contribution is -2.48. The molecular weight excluding hydrogens is 412 g/mol. The molecule has 0 spiro atoms. The van der Waals surface area contributed by atoms with Gasteiger partial charge in [-0.2, -0.15) is 0 Å². The summed E-state index contributed by atoms with van der Waals surface area (Å²) in [7, 11) is -3.88. The molecule has 6 nitrogen and oxygen atoms in total. The second-order valence-electron chi connectivity index (χ2n) is 7.73. The molecule has 0 bridgehead atoms. The average molecular weight is 437 g/mol. The predicted octanol–water partition coefficient (Wildman–Crippen LogP) is 4.21. The Balaban J connectivity index is 1.71. The van der Waals surface area contributed by atoms with Crippen LogP contribution < -0.4 is 14.4 Å². The zero-order valence-corrected chi connectivity index (χ0v) is 18.4. The second-order valence-corrected chi connectivity index (χ2v) is 9.59. The minimum Gasteiger partial charge on any atom is -0.476 e. The SMILES string of the molecule is Cc1ccc(S(=O)(=O)N2C[C@@H](C(=O)Nc3ccccc3C)Oc3ccc(C)cc32)cc1. The third-order valence-corrected chi connectivity index (χ3v) is 7.08. The van der Waals surface area contributed by atoms with Crippen LogP contribution in [0.4, 0.5) is 11.4 Å². The lowest BCUT2D eigenvalue weighted by Gasteiger charge is -2.35. The van der Waals surface area contributed by atoms with E-state index in [-0.39, 0.29) is 11.4 Å². The van der Waals surface area contributed by atoms with Crippen molar-refractivity contribution in [2.24, 2.45) is 0 Å². The van der Waals surface area contributed by atoms with E-state index >= 15 is 0 Å². The molecule has 0 saturated heterocycles. The molecule has 0 aliphatic carbocycles. The van der Waals surface area contributed by atoms with E-state index in [0.29, 0.717) is 17.1 Å². The average Bonchev–Trinajstić information content (AvgIpc) is 2.74. The fourth-order valence-corrected chi connectivity index (χ4v) is 4.96. The molecule has 0 aromatic heterocycles. The topological polar surface area (TPSA) is 75.7 Å². The van der Waals surface area contributed by atoms with Crippen LogP contribution in [0.15, 0.2) is 71.6 Å². The van der Waals surface area contributed by atoms with E-state index in [0.717, 1.165) is 16.7 Å². The van der Waals surface area contributed by atoms with Crippen molar-refractivity contribution < 1.29 is 17.9 Å². The van der Waals surface area contributed by atoms with Gasteiger partial charge in [-0.05, 0) is 62.2 Å². The molecule has 1 aliphatic rings. The first-order chi connectivity index (χ1) is 14.8. The lowest BCUT2D eigenvalue weighted by molar-refractivity contribution is -0.122. The van der Waals surface area contributed by atoms with Crippen molar-refractivity contribution in [3.05, 3.63) is 83.4 Å². The summed E-state index contributed by atoms with van der Waals surface area (Å²) in [6, 6.07) is 19.4. The summed E-state index contributed by atoms with van der Waals surface area (Å²) in [5.41, 5.74) is 3.87. The van der Waals surface area contributed by atoms with Crippen LogP contribution in [0.2, 0.25) is 0 Å². The number of nitrogens with zero attached hydrogens (tertiary/aromatic N) is 1. The number of aryl methyl sites for hydroxylation is 3. The predicted molar refractivity (Wildman–Crippen MR) is 121 cm³/mol. The van der Waals surface area contributed by atoms with Crippen LogP contribution in [0.3, 0.4) is 0 Å². The molecular formula is C24H24N2O4S. The highest BCUT2D eigenvalue weighted by molar-refractivity contribution is 7.92. The molecule has 0 radical (unpaired) electrons. The number of hydrogen-bond donors (Lipinski definition) is 1. The number of para-hydroxylation sites is 1. The molecule has 1 amide bonds. The number of sulfonamides is 1. The second kappa shape index (κ2) is 8.07. The van der Waals surface area contributed by atoms with Crippen LogP contribution in [0.25, 0.3) is 0 Å². The first-order valence-electron chi connectivity index (χ1n) is 9.99. The molecule has 1 aliphatic heterocycles. The number of carbonyl (C=O) groups is 1. The van der Waals surface area contributed by atoms with Gasteiger partial charge in [-0.3, -0.25) is 9.10 Å². The molecule has 31 heavy (non-hydrogen) atoms. The van der Waals surface area contributed by atoms with Gasteiger partial charge >= 0.3 is 0 Å². The monoisotopic (exact) mass is 436 g/mol. The number of hydrogen-bond acceptors (Lipinski definition) is 4. The standard InChI is InChI=1S/C24H24N2O4S/c1-16-8-11-19(12-9-16)31(28,29)26-15-23(30-22-13-10-17(2)14-21(22)26)24(27)25-20-7-5-4-6-18(20)3/h4-14,23H,15H2,1-3H3,(H,25,27)/t23-/m0/s1. The zero-order valence-electron chi connectivity index (χ0n) is 17.6. The van der Waals surface area contributed by atoms with Gasteiger partial charge in [0.05, 0.1) is 17.1 Å². The molecule has 3 aromatic rings. The van der Waals surface area contributed by atoms with Gasteiger partial charge in [-0.1, -0.05) is 42.0 Å². The molecule has 7 heteroatoms. The largest absolute Gasteiger partial charge is 0.476 e. The number of anilines is 2. The van der Waals surface area contributed by atoms with Crippen LogP contribution in [0, 0.1) is 20.8 Å². The molecule has 0 saturated carbocycles. The number of amides is 1. The highest BCUT2D eigenvalue weighted by atomic mass is 32.2. The quantitative estimate of drug-likeness (QED) is 0.665. The first-order valence-corrected chi connectivity index (χ1v) is 11.4. The Bertz CT molecular complexity index is 1240. The molecule has 1 atom stereocenters. The third kappa shape index (κ3) is 4.14.